The molecule has 3 unspecified atom stereocenters. The summed E-state index contributed by atoms with van der Waals surface area (Å²) in [7, 11) is 2.27. The van der Waals surface area contributed by atoms with E-state index < -0.39 is 0 Å². The molecule has 1 aliphatic rings. The fourth-order valence-electron chi connectivity index (χ4n) is 2.85. The van der Waals surface area contributed by atoms with Gasteiger partial charge in [0.25, 0.3) is 0 Å². The van der Waals surface area contributed by atoms with Crippen molar-refractivity contribution in [3.8, 4) is 0 Å². The topological polar surface area (TPSA) is 24.5 Å². The highest BCUT2D eigenvalue weighted by Gasteiger charge is 2.31. The maximum atomic E-state index is 5.70. The molecule has 1 aliphatic heterocycles. The highest BCUT2D eigenvalue weighted by molar-refractivity contribution is 4.85. The van der Waals surface area contributed by atoms with Crippen LogP contribution < -0.4 is 5.32 Å². The van der Waals surface area contributed by atoms with Gasteiger partial charge in [0.05, 0.1) is 6.10 Å². The Morgan fingerprint density at radius 1 is 1.33 bits per heavy atom. The molecule has 0 aliphatic carbocycles. The minimum atomic E-state index is 0.388. The van der Waals surface area contributed by atoms with Crippen LogP contribution >= 0.6 is 0 Å². The summed E-state index contributed by atoms with van der Waals surface area (Å²) in [5.74, 6) is 0.728. The molecule has 3 nitrogen and oxygen atoms in total. The monoisotopic (exact) mass is 256 g/mol. The van der Waals surface area contributed by atoms with Crippen molar-refractivity contribution in [3.05, 3.63) is 0 Å². The van der Waals surface area contributed by atoms with Gasteiger partial charge in [-0.15, -0.1) is 0 Å². The zero-order valence-electron chi connectivity index (χ0n) is 12.9. The second kappa shape index (κ2) is 8.13. The Hall–Kier alpha value is -0.120. The van der Waals surface area contributed by atoms with Gasteiger partial charge in [-0.1, -0.05) is 27.2 Å². The van der Waals surface area contributed by atoms with Crippen molar-refractivity contribution >= 4 is 0 Å². The van der Waals surface area contributed by atoms with Crippen LogP contribution in [0.5, 0.6) is 0 Å². The highest BCUT2D eigenvalue weighted by Crippen LogP contribution is 2.21. The van der Waals surface area contributed by atoms with E-state index in [1.807, 2.05) is 0 Å². The Labute approximate surface area is 113 Å². The highest BCUT2D eigenvalue weighted by atomic mass is 16.5. The summed E-state index contributed by atoms with van der Waals surface area (Å²) in [6, 6.07) is 1.24. The average molecular weight is 256 g/mol. The Kier molecular flexibility index (Phi) is 7.20. The molecule has 1 N–H and O–H groups in total. The molecule has 3 atom stereocenters. The van der Waals surface area contributed by atoms with Gasteiger partial charge >= 0.3 is 0 Å². The predicted molar refractivity (Wildman–Crippen MR) is 78.0 cm³/mol. The van der Waals surface area contributed by atoms with Gasteiger partial charge in [0.15, 0.2) is 0 Å². The first-order chi connectivity index (χ1) is 8.56. The minimum Gasteiger partial charge on any atom is -0.377 e. The normalized spacial score (nSPS) is 26.2. The summed E-state index contributed by atoms with van der Waals surface area (Å²) >= 11 is 0. The molecular weight excluding hydrogens is 224 g/mol. The van der Waals surface area contributed by atoms with Crippen LogP contribution in [0, 0.1) is 5.92 Å². The number of likely N-dealkylation sites (N-methyl/N-ethyl adjacent to an activating group) is 1. The third-order valence-corrected chi connectivity index (χ3v) is 3.99. The summed E-state index contributed by atoms with van der Waals surface area (Å²) in [6.07, 6.45) is 4.09. The Morgan fingerprint density at radius 3 is 2.56 bits per heavy atom. The summed E-state index contributed by atoms with van der Waals surface area (Å²) in [5, 5.41) is 3.61. The molecule has 3 heteroatoms. The average Bonchev–Trinajstić information content (AvgIpc) is 2.73. The van der Waals surface area contributed by atoms with Crippen molar-refractivity contribution in [2.45, 2.75) is 65.1 Å². The maximum Gasteiger partial charge on any atom is 0.0703 e. The van der Waals surface area contributed by atoms with Crippen molar-refractivity contribution in [1.29, 1.82) is 0 Å². The van der Waals surface area contributed by atoms with Gasteiger partial charge in [-0.3, -0.25) is 4.90 Å². The van der Waals surface area contributed by atoms with Crippen molar-refractivity contribution in [2.24, 2.45) is 5.92 Å². The first kappa shape index (κ1) is 15.9. The van der Waals surface area contributed by atoms with Crippen molar-refractivity contribution in [2.75, 3.05) is 26.7 Å². The van der Waals surface area contributed by atoms with Crippen LogP contribution in [0.15, 0.2) is 0 Å². The molecule has 0 amide bonds. The molecule has 0 aromatic heterocycles. The smallest absolute Gasteiger partial charge is 0.0703 e. The van der Waals surface area contributed by atoms with E-state index in [1.165, 1.54) is 19.3 Å². The van der Waals surface area contributed by atoms with E-state index in [0.29, 0.717) is 18.2 Å². The van der Waals surface area contributed by atoms with Crippen LogP contribution in [0.25, 0.3) is 0 Å². The summed E-state index contributed by atoms with van der Waals surface area (Å²) in [5.41, 5.74) is 0. The zero-order chi connectivity index (χ0) is 13.5. The van der Waals surface area contributed by atoms with E-state index >= 15 is 0 Å². The van der Waals surface area contributed by atoms with Crippen LogP contribution in [0.3, 0.4) is 0 Å². The van der Waals surface area contributed by atoms with Crippen LogP contribution in [-0.2, 0) is 4.74 Å². The molecule has 1 saturated heterocycles. The fraction of sp³-hybridized carbons (Fsp3) is 1.00. The minimum absolute atomic E-state index is 0.388. The third-order valence-electron chi connectivity index (χ3n) is 3.99. The third kappa shape index (κ3) is 4.87. The second-order valence-corrected chi connectivity index (χ2v) is 6.09. The molecule has 0 radical (unpaired) electrons. The number of rotatable bonds is 8. The van der Waals surface area contributed by atoms with Gasteiger partial charge in [-0.05, 0) is 39.3 Å². The molecule has 108 valence electrons. The number of ether oxygens (including phenoxy) is 1. The van der Waals surface area contributed by atoms with E-state index in [2.05, 4.69) is 45.0 Å². The number of nitrogens with zero attached hydrogens (tertiary/aromatic N) is 1. The lowest BCUT2D eigenvalue weighted by Crippen LogP contribution is -2.48. The van der Waals surface area contributed by atoms with Crippen LogP contribution in [0.2, 0.25) is 0 Å². The van der Waals surface area contributed by atoms with E-state index in [-0.39, 0.29) is 0 Å². The Balaban J connectivity index is 2.43. The Bertz CT molecular complexity index is 221. The molecule has 18 heavy (non-hydrogen) atoms. The predicted octanol–water partition coefficient (Wildman–Crippen LogP) is 2.51. The van der Waals surface area contributed by atoms with Gasteiger partial charge in [0, 0.05) is 25.2 Å². The van der Waals surface area contributed by atoms with Crippen molar-refractivity contribution in [1.82, 2.24) is 10.2 Å². The van der Waals surface area contributed by atoms with Gasteiger partial charge in [0.1, 0.15) is 0 Å². The molecular formula is C15H32N2O. The molecule has 0 bridgehead atoms. The number of hydrogen-bond donors (Lipinski definition) is 1. The molecule has 0 spiro atoms. The van der Waals surface area contributed by atoms with E-state index in [1.54, 1.807) is 0 Å². The summed E-state index contributed by atoms with van der Waals surface area (Å²) < 4.78 is 5.70. The lowest BCUT2D eigenvalue weighted by atomic mass is 10.0. The first-order valence-corrected chi connectivity index (χ1v) is 7.60. The molecule has 0 aromatic carbocycles. The molecule has 1 rings (SSSR count). The summed E-state index contributed by atoms with van der Waals surface area (Å²) in [6.45, 7) is 12.2. The molecule has 0 aromatic rings. The Morgan fingerprint density at radius 2 is 2.06 bits per heavy atom. The SMILES string of the molecule is CCCC(CNCC(C)C)N(C)C1CCOC1C. The molecule has 1 heterocycles. The fourth-order valence-corrected chi connectivity index (χ4v) is 2.85. The van der Waals surface area contributed by atoms with E-state index in [4.69, 9.17) is 4.74 Å². The van der Waals surface area contributed by atoms with Crippen LogP contribution in [-0.4, -0.2) is 49.8 Å². The lowest BCUT2D eigenvalue weighted by Gasteiger charge is -2.34. The van der Waals surface area contributed by atoms with Gasteiger partial charge in [0.2, 0.25) is 0 Å². The first-order valence-electron chi connectivity index (χ1n) is 7.60. The van der Waals surface area contributed by atoms with Crippen LogP contribution in [0.1, 0.15) is 47.0 Å². The quantitative estimate of drug-likeness (QED) is 0.722. The van der Waals surface area contributed by atoms with Gasteiger partial charge < -0.3 is 10.1 Å². The van der Waals surface area contributed by atoms with E-state index in [9.17, 15) is 0 Å². The van der Waals surface area contributed by atoms with Gasteiger partial charge in [-0.2, -0.15) is 0 Å². The molecule has 1 fully saturated rings. The zero-order valence-corrected chi connectivity index (χ0v) is 12.9. The maximum absolute atomic E-state index is 5.70. The second-order valence-electron chi connectivity index (χ2n) is 6.09. The largest absolute Gasteiger partial charge is 0.377 e. The number of hydrogen-bond acceptors (Lipinski definition) is 3. The standard InChI is InChI=1S/C15H32N2O/c1-6-7-14(11-16-10-12(2)3)17(5)15-8-9-18-13(15)4/h12-16H,6-11H2,1-5H3. The van der Waals surface area contributed by atoms with Crippen molar-refractivity contribution < 1.29 is 4.74 Å². The molecule has 0 saturated carbocycles. The van der Waals surface area contributed by atoms with Gasteiger partial charge in [-0.25, -0.2) is 0 Å². The lowest BCUT2D eigenvalue weighted by molar-refractivity contribution is 0.0649. The number of nitrogens with one attached hydrogen (secondary N) is 1. The summed E-state index contributed by atoms with van der Waals surface area (Å²) in [4.78, 5) is 2.55. The van der Waals surface area contributed by atoms with Crippen LogP contribution in [0.4, 0.5) is 0 Å². The van der Waals surface area contributed by atoms with Crippen molar-refractivity contribution in [3.63, 3.8) is 0 Å². The van der Waals surface area contributed by atoms with E-state index in [0.717, 1.165) is 25.6 Å².